The third-order valence-electron chi connectivity index (χ3n) is 1.22. The van der Waals surface area contributed by atoms with Gasteiger partial charge < -0.3 is 13.3 Å². The van der Waals surface area contributed by atoms with Gasteiger partial charge >= 0.3 is 8.80 Å². The molecule has 0 unspecified atom stereocenters. The van der Waals surface area contributed by atoms with Crippen LogP contribution in [0.1, 0.15) is 35.6 Å². The summed E-state index contributed by atoms with van der Waals surface area (Å²) in [5.74, 6) is 0. The summed E-state index contributed by atoms with van der Waals surface area (Å²) < 4.78 is 16.2. The Morgan fingerprint density at radius 1 is 0.769 bits per heavy atom. The van der Waals surface area contributed by atoms with Crippen LogP contribution in [0.3, 0.4) is 0 Å². The van der Waals surface area contributed by atoms with Crippen LogP contribution in [0.2, 0.25) is 6.55 Å². The molecule has 0 heterocycles. The van der Waals surface area contributed by atoms with E-state index in [0.29, 0.717) is 19.8 Å². The maximum atomic E-state index is 5.40. The minimum atomic E-state index is -2.25. The van der Waals surface area contributed by atoms with E-state index >= 15 is 0 Å². The van der Waals surface area contributed by atoms with Crippen molar-refractivity contribution in [3.05, 3.63) is 0 Å². The Bertz CT molecular complexity index is 81.8. The van der Waals surface area contributed by atoms with Gasteiger partial charge in [0.1, 0.15) is 0 Å². The van der Waals surface area contributed by atoms with Gasteiger partial charge in [0.25, 0.3) is 0 Å². The molecule has 0 radical (unpaired) electrons. The molecule has 0 aromatic heterocycles. The van der Waals surface area contributed by atoms with Crippen LogP contribution in [0.25, 0.3) is 0 Å². The molecule has 0 aliphatic rings. The summed E-state index contributed by atoms with van der Waals surface area (Å²) in [6, 6.07) is 0. The van der Waals surface area contributed by atoms with Crippen molar-refractivity contribution in [3.8, 4) is 0 Å². The third kappa shape index (κ3) is 8.43. The Kier molecular flexibility index (Phi) is 14.7. The summed E-state index contributed by atoms with van der Waals surface area (Å²) in [5, 5.41) is 0. The Morgan fingerprint density at radius 3 is 1.15 bits per heavy atom. The lowest BCUT2D eigenvalue weighted by atomic mass is 10.9. The maximum Gasteiger partial charge on any atom is 0.497 e. The predicted molar refractivity (Wildman–Crippen MR) is 60.0 cm³/mol. The first-order chi connectivity index (χ1) is 5.18. The molecule has 0 aliphatic heterocycles. The lowest BCUT2D eigenvalue weighted by Gasteiger charge is -2.23. The summed E-state index contributed by atoms with van der Waals surface area (Å²) in [4.78, 5) is 0. The molecular formula is C9H26O3Si. The molecule has 0 aliphatic carbocycles. The van der Waals surface area contributed by atoms with Crippen LogP contribution in [0, 0.1) is 0 Å². The summed E-state index contributed by atoms with van der Waals surface area (Å²) in [6.45, 7) is 9.73. The SMILES string of the molecule is C.C.CCO[Si](C)(OCC)OCC. The van der Waals surface area contributed by atoms with Crippen molar-refractivity contribution < 1.29 is 13.3 Å². The fourth-order valence-electron chi connectivity index (χ4n) is 0.912. The standard InChI is InChI=1S/C7H18O3Si.2CH4/c1-5-8-11(4,9-6-2)10-7-3;;/h5-7H2,1-4H3;2*1H4. The predicted octanol–water partition coefficient (Wildman–Crippen LogP) is 2.94. The molecule has 0 rings (SSSR count). The topological polar surface area (TPSA) is 27.7 Å². The zero-order chi connectivity index (χ0) is 8.74. The van der Waals surface area contributed by atoms with Crippen LogP contribution in [0.4, 0.5) is 0 Å². The first kappa shape index (κ1) is 18.8. The van der Waals surface area contributed by atoms with Gasteiger partial charge in [0.15, 0.2) is 0 Å². The van der Waals surface area contributed by atoms with E-state index in [-0.39, 0.29) is 14.9 Å². The van der Waals surface area contributed by atoms with Gasteiger partial charge in [-0.15, -0.1) is 0 Å². The molecule has 4 heteroatoms. The minimum Gasteiger partial charge on any atom is -0.374 e. The Labute approximate surface area is 84.8 Å². The molecule has 0 amide bonds. The Balaban J connectivity index is -0.000000500. The van der Waals surface area contributed by atoms with Crippen molar-refractivity contribution in [2.24, 2.45) is 0 Å². The van der Waals surface area contributed by atoms with Crippen molar-refractivity contribution in [3.63, 3.8) is 0 Å². The molecule has 84 valence electrons. The van der Waals surface area contributed by atoms with Gasteiger partial charge in [-0.25, -0.2) is 0 Å². The number of hydrogen-bond donors (Lipinski definition) is 0. The maximum absolute atomic E-state index is 5.40. The molecule has 0 aromatic carbocycles. The molecule has 0 atom stereocenters. The average molecular weight is 210 g/mol. The van der Waals surface area contributed by atoms with Gasteiger partial charge in [-0.3, -0.25) is 0 Å². The minimum absolute atomic E-state index is 0. The van der Waals surface area contributed by atoms with Crippen molar-refractivity contribution in [1.29, 1.82) is 0 Å². The van der Waals surface area contributed by atoms with Crippen LogP contribution in [0.5, 0.6) is 0 Å². The van der Waals surface area contributed by atoms with Gasteiger partial charge in [-0.1, -0.05) is 14.9 Å². The highest BCUT2D eigenvalue weighted by atomic mass is 28.4. The van der Waals surface area contributed by atoms with Crippen LogP contribution in [-0.2, 0) is 13.3 Å². The highest BCUT2D eigenvalue weighted by molar-refractivity contribution is 6.59. The van der Waals surface area contributed by atoms with Gasteiger partial charge in [0.05, 0.1) is 0 Å². The van der Waals surface area contributed by atoms with E-state index in [1.54, 1.807) is 0 Å². The fourth-order valence-corrected chi connectivity index (χ4v) is 2.73. The van der Waals surface area contributed by atoms with E-state index < -0.39 is 8.80 Å². The van der Waals surface area contributed by atoms with Crippen LogP contribution in [-0.4, -0.2) is 28.6 Å². The van der Waals surface area contributed by atoms with Crippen LogP contribution in [0.15, 0.2) is 0 Å². The third-order valence-corrected chi connectivity index (χ3v) is 3.66. The molecule has 0 bridgehead atoms. The molecular weight excluding hydrogens is 184 g/mol. The summed E-state index contributed by atoms with van der Waals surface area (Å²) >= 11 is 0. The summed E-state index contributed by atoms with van der Waals surface area (Å²) in [7, 11) is -2.25. The van der Waals surface area contributed by atoms with Gasteiger partial charge in [0, 0.05) is 26.4 Å². The highest BCUT2D eigenvalue weighted by Crippen LogP contribution is 2.08. The molecule has 0 saturated heterocycles. The largest absolute Gasteiger partial charge is 0.497 e. The normalized spacial score (nSPS) is 10.2. The monoisotopic (exact) mass is 210 g/mol. The highest BCUT2D eigenvalue weighted by Gasteiger charge is 2.32. The quantitative estimate of drug-likeness (QED) is 0.631. The second kappa shape index (κ2) is 10.2. The molecule has 3 nitrogen and oxygen atoms in total. The molecule has 0 aromatic rings. The molecule has 0 saturated carbocycles. The first-order valence-electron chi connectivity index (χ1n) is 4.10. The van der Waals surface area contributed by atoms with Gasteiger partial charge in [0.2, 0.25) is 0 Å². The van der Waals surface area contributed by atoms with Gasteiger partial charge in [-0.2, -0.15) is 0 Å². The zero-order valence-electron chi connectivity index (χ0n) is 7.85. The molecule has 13 heavy (non-hydrogen) atoms. The van der Waals surface area contributed by atoms with Crippen LogP contribution < -0.4 is 0 Å². The Morgan fingerprint density at radius 2 is 1.00 bits per heavy atom. The van der Waals surface area contributed by atoms with Crippen LogP contribution >= 0.6 is 0 Å². The number of rotatable bonds is 6. The average Bonchev–Trinajstić information content (AvgIpc) is 1.88. The van der Waals surface area contributed by atoms with Crippen molar-refractivity contribution >= 4 is 8.80 Å². The summed E-state index contributed by atoms with van der Waals surface area (Å²) in [6.07, 6.45) is 0. The molecule has 0 fully saturated rings. The van der Waals surface area contributed by atoms with Crippen molar-refractivity contribution in [1.82, 2.24) is 0 Å². The molecule has 0 N–H and O–H groups in total. The second-order valence-corrected chi connectivity index (χ2v) is 4.75. The molecule has 0 spiro atoms. The van der Waals surface area contributed by atoms with E-state index in [9.17, 15) is 0 Å². The summed E-state index contributed by atoms with van der Waals surface area (Å²) in [5.41, 5.74) is 0. The van der Waals surface area contributed by atoms with E-state index in [1.807, 2.05) is 27.3 Å². The van der Waals surface area contributed by atoms with Crippen molar-refractivity contribution in [2.75, 3.05) is 19.8 Å². The van der Waals surface area contributed by atoms with Crippen molar-refractivity contribution in [2.45, 2.75) is 42.2 Å². The van der Waals surface area contributed by atoms with E-state index in [2.05, 4.69) is 0 Å². The van der Waals surface area contributed by atoms with E-state index in [4.69, 9.17) is 13.3 Å². The second-order valence-electron chi connectivity index (χ2n) is 2.16. The van der Waals surface area contributed by atoms with Gasteiger partial charge in [-0.05, 0) is 20.8 Å². The smallest absolute Gasteiger partial charge is 0.374 e. The zero-order valence-corrected chi connectivity index (χ0v) is 8.85. The van der Waals surface area contributed by atoms with E-state index in [1.165, 1.54) is 0 Å². The lowest BCUT2D eigenvalue weighted by molar-refractivity contribution is 0.0783. The number of hydrogen-bond acceptors (Lipinski definition) is 3. The Hall–Kier alpha value is 0.0969. The lowest BCUT2D eigenvalue weighted by Crippen LogP contribution is -2.42. The fraction of sp³-hybridized carbons (Fsp3) is 1.00. The first-order valence-corrected chi connectivity index (χ1v) is 6.32. The van der Waals surface area contributed by atoms with E-state index in [0.717, 1.165) is 0 Å².